The summed E-state index contributed by atoms with van der Waals surface area (Å²) in [5.41, 5.74) is 1.48. The van der Waals surface area contributed by atoms with Crippen LogP contribution < -0.4 is 0 Å². The number of fused-ring (bicyclic) bond motifs is 1. The number of aromatic nitrogens is 2. The number of para-hydroxylation sites is 1. The van der Waals surface area contributed by atoms with Crippen molar-refractivity contribution in [2.75, 3.05) is 25.9 Å². The van der Waals surface area contributed by atoms with Crippen LogP contribution in [0.3, 0.4) is 0 Å². The van der Waals surface area contributed by atoms with Gasteiger partial charge in [-0.25, -0.2) is 8.42 Å². The molecule has 0 amide bonds. The number of rotatable bonds is 4. The number of H-pyrrole nitrogens is 1. The molecule has 0 atom stereocenters. The number of imidazole rings is 1. The van der Waals surface area contributed by atoms with Crippen LogP contribution in [0, 0.1) is 4.77 Å². The van der Waals surface area contributed by atoms with Crippen LogP contribution in [0.15, 0.2) is 23.1 Å². The van der Waals surface area contributed by atoms with Gasteiger partial charge in [0.25, 0.3) is 0 Å². The van der Waals surface area contributed by atoms with E-state index in [0.29, 0.717) is 15.2 Å². The smallest absolute Gasteiger partial charge is 0.178 e. The second-order valence-corrected chi connectivity index (χ2v) is 7.92. The summed E-state index contributed by atoms with van der Waals surface area (Å²) in [6.45, 7) is 4.02. The first-order chi connectivity index (χ1) is 9.97. The first-order valence-corrected chi connectivity index (χ1v) is 9.41. The van der Waals surface area contributed by atoms with Crippen molar-refractivity contribution in [2.24, 2.45) is 0 Å². The molecular formula is C14H19N3O2S2. The third-order valence-corrected chi connectivity index (χ3v) is 5.47. The number of sulfone groups is 1. The van der Waals surface area contributed by atoms with Crippen molar-refractivity contribution in [3.8, 4) is 0 Å². The van der Waals surface area contributed by atoms with Gasteiger partial charge in [-0.15, -0.1) is 0 Å². The summed E-state index contributed by atoms with van der Waals surface area (Å²) in [7, 11) is -3.26. The lowest BCUT2D eigenvalue weighted by molar-refractivity contribution is 0.323. The van der Waals surface area contributed by atoms with E-state index in [2.05, 4.69) is 9.88 Å². The SMILES string of the molecule is CS(=O)(=O)c1cccc2c1[nH]c(=S)n2CCN1CCCC1. The van der Waals surface area contributed by atoms with Gasteiger partial charge < -0.3 is 14.5 Å². The number of nitrogens with one attached hydrogen (secondary N) is 1. The van der Waals surface area contributed by atoms with Gasteiger partial charge in [0.05, 0.1) is 15.9 Å². The largest absolute Gasteiger partial charge is 0.329 e. The fourth-order valence-electron chi connectivity index (χ4n) is 2.93. The van der Waals surface area contributed by atoms with Crippen LogP contribution in [-0.4, -0.2) is 48.8 Å². The Hall–Kier alpha value is -1.18. The predicted octanol–water partition coefficient (Wildman–Crippen LogP) is 2.20. The van der Waals surface area contributed by atoms with E-state index in [-0.39, 0.29) is 0 Å². The van der Waals surface area contributed by atoms with Crippen LogP contribution in [0.4, 0.5) is 0 Å². The Morgan fingerprint density at radius 3 is 2.62 bits per heavy atom. The summed E-state index contributed by atoms with van der Waals surface area (Å²) in [6.07, 6.45) is 3.75. The Morgan fingerprint density at radius 1 is 1.24 bits per heavy atom. The quantitative estimate of drug-likeness (QED) is 0.876. The molecule has 1 N–H and O–H groups in total. The van der Waals surface area contributed by atoms with Gasteiger partial charge in [-0.1, -0.05) is 6.07 Å². The molecule has 0 bridgehead atoms. The molecule has 1 aliphatic rings. The van der Waals surface area contributed by atoms with Gasteiger partial charge in [-0.2, -0.15) is 0 Å². The highest BCUT2D eigenvalue weighted by atomic mass is 32.2. The van der Waals surface area contributed by atoms with Crippen LogP contribution in [-0.2, 0) is 16.4 Å². The highest BCUT2D eigenvalue weighted by molar-refractivity contribution is 7.91. The summed E-state index contributed by atoms with van der Waals surface area (Å²) in [5.74, 6) is 0. The minimum absolute atomic E-state index is 0.311. The summed E-state index contributed by atoms with van der Waals surface area (Å²) >= 11 is 5.37. The molecule has 1 fully saturated rings. The Balaban J connectivity index is 1.99. The standard InChI is InChI=1S/C14H19N3O2S2/c1-21(18,19)12-6-4-5-11-13(12)15-14(20)17(11)10-9-16-7-2-3-8-16/h4-6H,2-3,7-10H2,1H3,(H,15,20). The second-order valence-electron chi connectivity index (χ2n) is 5.55. The molecule has 0 saturated carbocycles. The molecule has 1 aliphatic heterocycles. The first-order valence-electron chi connectivity index (χ1n) is 7.11. The van der Waals surface area contributed by atoms with Crippen LogP contribution in [0.2, 0.25) is 0 Å². The summed E-state index contributed by atoms with van der Waals surface area (Å²) in [5, 5.41) is 0. The zero-order valence-corrected chi connectivity index (χ0v) is 13.6. The number of hydrogen-bond acceptors (Lipinski definition) is 4. The average molecular weight is 325 g/mol. The molecule has 21 heavy (non-hydrogen) atoms. The Morgan fingerprint density at radius 2 is 1.95 bits per heavy atom. The third kappa shape index (κ3) is 2.90. The van der Waals surface area contributed by atoms with E-state index in [4.69, 9.17) is 12.2 Å². The van der Waals surface area contributed by atoms with E-state index in [1.807, 2.05) is 10.6 Å². The molecule has 114 valence electrons. The lowest BCUT2D eigenvalue weighted by Gasteiger charge is -2.15. The van der Waals surface area contributed by atoms with Gasteiger partial charge in [-0.3, -0.25) is 0 Å². The molecule has 3 rings (SSSR count). The van der Waals surface area contributed by atoms with Gasteiger partial charge >= 0.3 is 0 Å². The molecule has 0 unspecified atom stereocenters. The van der Waals surface area contributed by atoms with E-state index in [0.717, 1.165) is 31.7 Å². The van der Waals surface area contributed by atoms with Crippen LogP contribution in [0.25, 0.3) is 11.0 Å². The molecule has 1 saturated heterocycles. The van der Waals surface area contributed by atoms with Crippen molar-refractivity contribution in [3.05, 3.63) is 23.0 Å². The van der Waals surface area contributed by atoms with Crippen LogP contribution in [0.5, 0.6) is 0 Å². The van der Waals surface area contributed by atoms with Crippen LogP contribution in [0.1, 0.15) is 12.8 Å². The zero-order chi connectivity index (χ0) is 15.0. The number of likely N-dealkylation sites (tertiary alicyclic amines) is 1. The number of benzene rings is 1. The van der Waals surface area contributed by atoms with Crippen molar-refractivity contribution < 1.29 is 8.42 Å². The number of hydrogen-bond donors (Lipinski definition) is 1. The molecule has 2 heterocycles. The van der Waals surface area contributed by atoms with Crippen molar-refractivity contribution >= 4 is 33.1 Å². The maximum Gasteiger partial charge on any atom is 0.178 e. The van der Waals surface area contributed by atoms with Crippen molar-refractivity contribution in [1.82, 2.24) is 14.5 Å². The Labute approximate surface area is 129 Å². The third-order valence-electron chi connectivity index (χ3n) is 4.01. The van der Waals surface area contributed by atoms with Crippen molar-refractivity contribution in [2.45, 2.75) is 24.3 Å². The molecular weight excluding hydrogens is 306 g/mol. The normalized spacial score (nSPS) is 16.8. The highest BCUT2D eigenvalue weighted by Crippen LogP contribution is 2.22. The molecule has 1 aromatic heterocycles. The molecule has 2 aromatic rings. The van der Waals surface area contributed by atoms with Gasteiger partial charge in [0, 0.05) is 19.3 Å². The fourth-order valence-corrected chi connectivity index (χ4v) is 4.08. The van der Waals surface area contributed by atoms with E-state index in [9.17, 15) is 8.42 Å². The summed E-state index contributed by atoms with van der Waals surface area (Å²) in [6, 6.07) is 5.31. The molecule has 7 heteroatoms. The fraction of sp³-hybridized carbons (Fsp3) is 0.500. The Kier molecular flexibility index (Phi) is 3.90. The van der Waals surface area contributed by atoms with Crippen molar-refractivity contribution in [3.63, 3.8) is 0 Å². The second kappa shape index (κ2) is 5.55. The first kappa shape index (κ1) is 14.7. The predicted molar refractivity (Wildman–Crippen MR) is 85.9 cm³/mol. The van der Waals surface area contributed by atoms with Crippen LogP contribution >= 0.6 is 12.2 Å². The van der Waals surface area contributed by atoms with Gasteiger partial charge in [0.2, 0.25) is 0 Å². The minimum Gasteiger partial charge on any atom is -0.329 e. The van der Waals surface area contributed by atoms with E-state index < -0.39 is 9.84 Å². The lowest BCUT2D eigenvalue weighted by Crippen LogP contribution is -2.24. The minimum atomic E-state index is -3.26. The molecule has 1 aromatic carbocycles. The number of aromatic amines is 1. The van der Waals surface area contributed by atoms with Crippen molar-refractivity contribution in [1.29, 1.82) is 0 Å². The maximum atomic E-state index is 11.9. The van der Waals surface area contributed by atoms with E-state index >= 15 is 0 Å². The topological polar surface area (TPSA) is 58.1 Å². The number of nitrogens with zero attached hydrogens (tertiary/aromatic N) is 2. The Bertz CT molecular complexity index is 814. The summed E-state index contributed by atoms with van der Waals surface area (Å²) in [4.78, 5) is 5.79. The van der Waals surface area contributed by atoms with E-state index in [1.54, 1.807) is 12.1 Å². The highest BCUT2D eigenvalue weighted by Gasteiger charge is 2.16. The molecule has 5 nitrogen and oxygen atoms in total. The lowest BCUT2D eigenvalue weighted by atomic mass is 10.3. The molecule has 0 aliphatic carbocycles. The van der Waals surface area contributed by atoms with Gasteiger partial charge in [-0.05, 0) is 50.3 Å². The maximum absolute atomic E-state index is 11.9. The molecule has 0 radical (unpaired) electrons. The van der Waals surface area contributed by atoms with E-state index in [1.165, 1.54) is 19.1 Å². The monoisotopic (exact) mass is 325 g/mol. The van der Waals surface area contributed by atoms with Gasteiger partial charge in [0.1, 0.15) is 0 Å². The summed E-state index contributed by atoms with van der Waals surface area (Å²) < 4.78 is 26.3. The average Bonchev–Trinajstić information content (AvgIpc) is 3.01. The molecule has 0 spiro atoms. The zero-order valence-electron chi connectivity index (χ0n) is 12.0. The van der Waals surface area contributed by atoms with Gasteiger partial charge in [0.15, 0.2) is 14.6 Å².